The summed E-state index contributed by atoms with van der Waals surface area (Å²) in [5, 5.41) is 15.0. The molecule has 142 valence electrons. The van der Waals surface area contributed by atoms with E-state index in [2.05, 4.69) is 79.4 Å². The molecular weight excluding hydrogens is 507 g/mol. The zero-order valence-corrected chi connectivity index (χ0v) is 19.1. The third-order valence-corrected chi connectivity index (χ3v) is 4.91. The van der Waals surface area contributed by atoms with E-state index in [1.165, 1.54) is 5.56 Å². The summed E-state index contributed by atoms with van der Waals surface area (Å²) in [4.78, 5) is 4.70. The van der Waals surface area contributed by atoms with E-state index in [-0.39, 0.29) is 24.0 Å². The molecule has 0 aliphatic heterocycles. The van der Waals surface area contributed by atoms with Gasteiger partial charge in [0.05, 0.1) is 6.54 Å². The molecule has 0 saturated heterocycles. The number of halogens is 2. The maximum atomic E-state index is 4.70. The molecule has 2 unspecified atom stereocenters. The monoisotopic (exact) mass is 532 g/mol. The second-order valence-electron chi connectivity index (χ2n) is 6.20. The average Bonchev–Trinajstić information content (AvgIpc) is 3.22. The lowest BCUT2D eigenvalue weighted by atomic mass is 10.1. The highest BCUT2D eigenvalue weighted by atomic mass is 127. The molecule has 1 aliphatic rings. The molecule has 0 spiro atoms. The predicted molar refractivity (Wildman–Crippen MR) is 119 cm³/mol. The molecule has 2 atom stereocenters. The minimum Gasteiger partial charge on any atom is -0.357 e. The highest BCUT2D eigenvalue weighted by Crippen LogP contribution is 2.40. The van der Waals surface area contributed by atoms with E-state index in [0.29, 0.717) is 18.5 Å². The van der Waals surface area contributed by atoms with Crippen LogP contribution in [0.4, 0.5) is 0 Å². The van der Waals surface area contributed by atoms with Crippen molar-refractivity contribution >= 4 is 45.9 Å². The third-order valence-electron chi connectivity index (χ3n) is 4.38. The maximum absolute atomic E-state index is 4.70. The molecule has 0 amide bonds. The van der Waals surface area contributed by atoms with Gasteiger partial charge in [-0.2, -0.15) is 0 Å². The number of guanidine groups is 1. The summed E-state index contributed by atoms with van der Waals surface area (Å²) in [7, 11) is 0. The second-order valence-corrected chi connectivity index (χ2v) is 7.12. The Morgan fingerprint density at radius 1 is 1.31 bits per heavy atom. The van der Waals surface area contributed by atoms with Crippen LogP contribution >= 0.6 is 39.9 Å². The minimum absolute atomic E-state index is 0. The summed E-state index contributed by atoms with van der Waals surface area (Å²) >= 11 is 3.49. The van der Waals surface area contributed by atoms with Gasteiger partial charge in [-0.1, -0.05) is 35.0 Å². The molecule has 1 aliphatic carbocycles. The van der Waals surface area contributed by atoms with Gasteiger partial charge in [0.15, 0.2) is 5.96 Å². The molecule has 8 heteroatoms. The van der Waals surface area contributed by atoms with Crippen LogP contribution in [0.2, 0.25) is 0 Å². The Morgan fingerprint density at radius 2 is 2.08 bits per heavy atom. The van der Waals surface area contributed by atoms with Gasteiger partial charge in [-0.15, -0.1) is 34.2 Å². The van der Waals surface area contributed by atoms with Gasteiger partial charge in [0.1, 0.15) is 12.2 Å². The molecule has 1 fully saturated rings. The molecule has 2 aromatic rings. The summed E-state index contributed by atoms with van der Waals surface area (Å²) in [5.41, 5.74) is 1.38. The fourth-order valence-corrected chi connectivity index (χ4v) is 3.20. The zero-order valence-electron chi connectivity index (χ0n) is 15.2. The van der Waals surface area contributed by atoms with Gasteiger partial charge in [-0.25, -0.2) is 0 Å². The van der Waals surface area contributed by atoms with Gasteiger partial charge in [0.2, 0.25) is 0 Å². The Morgan fingerprint density at radius 3 is 2.77 bits per heavy atom. The zero-order chi connectivity index (χ0) is 17.6. The van der Waals surface area contributed by atoms with Crippen LogP contribution in [0.3, 0.4) is 0 Å². The number of aromatic nitrogens is 3. The third kappa shape index (κ3) is 5.67. The van der Waals surface area contributed by atoms with Crippen LogP contribution in [-0.2, 0) is 13.0 Å². The Labute approximate surface area is 180 Å². The predicted octanol–water partition coefficient (Wildman–Crippen LogP) is 3.33. The summed E-state index contributed by atoms with van der Waals surface area (Å²) < 4.78 is 3.19. The topological polar surface area (TPSA) is 67.1 Å². The van der Waals surface area contributed by atoms with Gasteiger partial charge in [0.25, 0.3) is 0 Å². The Bertz CT molecular complexity index is 715. The molecule has 1 heterocycles. The van der Waals surface area contributed by atoms with Crippen molar-refractivity contribution in [3.63, 3.8) is 0 Å². The Kier molecular flexibility index (Phi) is 8.33. The van der Waals surface area contributed by atoms with E-state index in [0.717, 1.165) is 42.2 Å². The molecule has 0 bridgehead atoms. The quantitative estimate of drug-likeness (QED) is 0.326. The van der Waals surface area contributed by atoms with Crippen LogP contribution in [0.1, 0.15) is 37.6 Å². The minimum atomic E-state index is 0. The first kappa shape index (κ1) is 21.1. The van der Waals surface area contributed by atoms with Crippen LogP contribution in [0, 0.1) is 0 Å². The first-order valence-corrected chi connectivity index (χ1v) is 9.67. The van der Waals surface area contributed by atoms with Crippen LogP contribution < -0.4 is 10.6 Å². The molecule has 6 nitrogen and oxygen atoms in total. The lowest BCUT2D eigenvalue weighted by Gasteiger charge is -2.11. The van der Waals surface area contributed by atoms with E-state index < -0.39 is 0 Å². The lowest BCUT2D eigenvalue weighted by Crippen LogP contribution is -2.39. The smallest absolute Gasteiger partial charge is 0.191 e. The highest BCUT2D eigenvalue weighted by molar-refractivity contribution is 14.0. The van der Waals surface area contributed by atoms with E-state index >= 15 is 0 Å². The van der Waals surface area contributed by atoms with Crippen molar-refractivity contribution in [3.05, 3.63) is 46.5 Å². The van der Waals surface area contributed by atoms with Crippen molar-refractivity contribution in [3.8, 4) is 0 Å². The number of aliphatic imine (C=N–C) groups is 1. The van der Waals surface area contributed by atoms with Gasteiger partial charge in [0, 0.05) is 35.9 Å². The maximum Gasteiger partial charge on any atom is 0.191 e. The van der Waals surface area contributed by atoms with E-state index in [4.69, 9.17) is 4.99 Å². The largest absolute Gasteiger partial charge is 0.357 e. The van der Waals surface area contributed by atoms with Crippen molar-refractivity contribution in [2.24, 2.45) is 4.99 Å². The summed E-state index contributed by atoms with van der Waals surface area (Å²) in [6, 6.07) is 9.06. The van der Waals surface area contributed by atoms with Gasteiger partial charge < -0.3 is 15.2 Å². The van der Waals surface area contributed by atoms with E-state index in [9.17, 15) is 0 Å². The summed E-state index contributed by atoms with van der Waals surface area (Å²) in [6.07, 6.45) is 3.82. The molecular formula is C18H26BrIN6. The Hall–Kier alpha value is -1.16. The lowest BCUT2D eigenvalue weighted by molar-refractivity contribution is 0.660. The number of aryl methyl sites for hydroxylation is 1. The number of benzene rings is 1. The van der Waals surface area contributed by atoms with Gasteiger partial charge in [-0.05, 0) is 31.0 Å². The van der Waals surface area contributed by atoms with Crippen molar-refractivity contribution in [2.75, 3.05) is 13.1 Å². The van der Waals surface area contributed by atoms with Gasteiger partial charge >= 0.3 is 0 Å². The fourth-order valence-electron chi connectivity index (χ4n) is 2.94. The number of rotatable bonds is 7. The molecule has 3 rings (SSSR count). The normalized spacial score (nSPS) is 19.0. The van der Waals surface area contributed by atoms with Crippen molar-refractivity contribution in [1.82, 2.24) is 25.4 Å². The average molecular weight is 533 g/mol. The van der Waals surface area contributed by atoms with Crippen LogP contribution in [0.5, 0.6) is 0 Å². The van der Waals surface area contributed by atoms with Crippen LogP contribution in [-0.4, -0.2) is 39.9 Å². The summed E-state index contributed by atoms with van der Waals surface area (Å²) in [6.45, 7) is 6.54. The van der Waals surface area contributed by atoms with Crippen molar-refractivity contribution < 1.29 is 0 Å². The van der Waals surface area contributed by atoms with Crippen molar-refractivity contribution in [1.29, 1.82) is 0 Å². The van der Waals surface area contributed by atoms with E-state index in [1.807, 2.05) is 0 Å². The second kappa shape index (κ2) is 10.2. The van der Waals surface area contributed by atoms with Crippen LogP contribution in [0.15, 0.2) is 40.1 Å². The standard InChI is InChI=1S/C18H25BrN6.HI/c1-3-17-24-22-12-25(17)10-9-21-18(20-4-2)23-16-11-15(16)13-5-7-14(19)8-6-13;/h5-8,12,15-16H,3-4,9-11H2,1-2H3,(H2,20,21,23);1H. The Balaban J connectivity index is 0.00000243. The van der Waals surface area contributed by atoms with E-state index in [1.54, 1.807) is 6.33 Å². The first-order valence-electron chi connectivity index (χ1n) is 8.88. The van der Waals surface area contributed by atoms with Gasteiger partial charge in [-0.3, -0.25) is 4.99 Å². The molecule has 0 radical (unpaired) electrons. The summed E-state index contributed by atoms with van der Waals surface area (Å²) in [5.74, 6) is 2.46. The SMILES string of the molecule is CCNC(=NCCn1cnnc1CC)NC1CC1c1ccc(Br)cc1.I. The molecule has 1 aromatic carbocycles. The number of nitrogens with one attached hydrogen (secondary N) is 2. The number of hydrogen-bond acceptors (Lipinski definition) is 3. The number of hydrogen-bond donors (Lipinski definition) is 2. The molecule has 2 N–H and O–H groups in total. The van der Waals surface area contributed by atoms with Crippen LogP contribution in [0.25, 0.3) is 0 Å². The number of nitrogens with zero attached hydrogens (tertiary/aromatic N) is 4. The molecule has 1 saturated carbocycles. The first-order chi connectivity index (χ1) is 12.2. The van der Waals surface area contributed by atoms with Crippen molar-refractivity contribution in [2.45, 2.75) is 45.2 Å². The fraction of sp³-hybridized carbons (Fsp3) is 0.500. The molecule has 26 heavy (non-hydrogen) atoms. The highest BCUT2D eigenvalue weighted by Gasteiger charge is 2.38. The molecule has 1 aromatic heterocycles.